The summed E-state index contributed by atoms with van der Waals surface area (Å²) in [7, 11) is 0. The van der Waals surface area contributed by atoms with Crippen LogP contribution in [0.5, 0.6) is 0 Å². The zero-order valence-electron chi connectivity index (χ0n) is 14.9. The smallest absolute Gasteiger partial charge is 0.230 e. The number of carbonyl (C=O) groups excluding carboxylic acids is 1. The predicted molar refractivity (Wildman–Crippen MR) is 108 cm³/mol. The van der Waals surface area contributed by atoms with E-state index < -0.39 is 0 Å². The standard InChI is InChI=1S/C19H19FN4OS2/c1-12-5-3-4-6-16(12)22-18-23-24-19(27-18)26-11-17(25)21-13(2)14-7-9-15(20)10-8-14/h3-10,13H,11H2,1-2H3,(H,21,25)(H,22,23)/t13-/m0/s1. The average molecular weight is 403 g/mol. The maximum absolute atomic E-state index is 13.0. The van der Waals surface area contributed by atoms with Gasteiger partial charge in [0.15, 0.2) is 4.34 Å². The van der Waals surface area contributed by atoms with Crippen molar-refractivity contribution in [1.82, 2.24) is 15.5 Å². The van der Waals surface area contributed by atoms with Crippen LogP contribution in [0.15, 0.2) is 52.9 Å². The van der Waals surface area contributed by atoms with E-state index in [0.29, 0.717) is 5.13 Å². The van der Waals surface area contributed by atoms with E-state index in [1.54, 1.807) is 12.1 Å². The van der Waals surface area contributed by atoms with Crippen LogP contribution in [0.1, 0.15) is 24.1 Å². The van der Waals surface area contributed by atoms with Crippen molar-refractivity contribution in [2.24, 2.45) is 0 Å². The number of amides is 1. The molecule has 0 unspecified atom stereocenters. The third kappa shape index (κ3) is 5.51. The van der Waals surface area contributed by atoms with E-state index in [0.717, 1.165) is 21.2 Å². The molecule has 0 aliphatic rings. The molecule has 8 heteroatoms. The number of nitrogens with zero attached hydrogens (tertiary/aromatic N) is 2. The number of carbonyl (C=O) groups is 1. The molecule has 27 heavy (non-hydrogen) atoms. The van der Waals surface area contributed by atoms with Crippen molar-refractivity contribution in [3.05, 3.63) is 65.5 Å². The van der Waals surface area contributed by atoms with Crippen molar-refractivity contribution in [2.45, 2.75) is 24.2 Å². The fraction of sp³-hybridized carbons (Fsp3) is 0.211. The number of hydrogen-bond donors (Lipinski definition) is 2. The maximum Gasteiger partial charge on any atom is 0.230 e. The van der Waals surface area contributed by atoms with E-state index in [-0.39, 0.29) is 23.5 Å². The molecule has 0 saturated carbocycles. The number of rotatable bonds is 7. The topological polar surface area (TPSA) is 66.9 Å². The van der Waals surface area contributed by atoms with Crippen LogP contribution in [-0.4, -0.2) is 21.9 Å². The molecular formula is C19H19FN4OS2. The predicted octanol–water partition coefficient (Wildman–Crippen LogP) is 4.70. The molecule has 3 rings (SSSR count). The van der Waals surface area contributed by atoms with Gasteiger partial charge in [0, 0.05) is 5.69 Å². The minimum absolute atomic E-state index is 0.111. The normalized spacial score (nSPS) is 11.8. The first kappa shape index (κ1) is 19.3. The summed E-state index contributed by atoms with van der Waals surface area (Å²) in [5.74, 6) is -0.162. The highest BCUT2D eigenvalue weighted by atomic mass is 32.2. The van der Waals surface area contributed by atoms with Crippen LogP contribution in [0.4, 0.5) is 15.2 Å². The Hall–Kier alpha value is -2.45. The van der Waals surface area contributed by atoms with Gasteiger partial charge in [0.2, 0.25) is 11.0 Å². The molecule has 1 aromatic heterocycles. The van der Waals surface area contributed by atoms with E-state index in [1.165, 1.54) is 35.2 Å². The number of aromatic nitrogens is 2. The van der Waals surface area contributed by atoms with Crippen molar-refractivity contribution < 1.29 is 9.18 Å². The summed E-state index contributed by atoms with van der Waals surface area (Å²) in [6, 6.07) is 13.9. The molecule has 1 heterocycles. The van der Waals surface area contributed by atoms with Crippen LogP contribution in [0.3, 0.4) is 0 Å². The lowest BCUT2D eigenvalue weighted by atomic mass is 10.1. The van der Waals surface area contributed by atoms with Crippen LogP contribution in [-0.2, 0) is 4.79 Å². The van der Waals surface area contributed by atoms with Gasteiger partial charge in [-0.1, -0.05) is 53.4 Å². The maximum atomic E-state index is 13.0. The number of thioether (sulfide) groups is 1. The molecule has 2 aromatic carbocycles. The summed E-state index contributed by atoms with van der Waals surface area (Å²) in [5, 5.41) is 15.0. The minimum atomic E-state index is -0.292. The van der Waals surface area contributed by atoms with E-state index in [9.17, 15) is 9.18 Å². The second-order valence-electron chi connectivity index (χ2n) is 5.94. The number of para-hydroxylation sites is 1. The molecule has 1 amide bonds. The molecule has 2 N–H and O–H groups in total. The second-order valence-corrected chi connectivity index (χ2v) is 8.14. The molecule has 1 atom stereocenters. The van der Waals surface area contributed by atoms with E-state index in [1.807, 2.05) is 38.1 Å². The summed E-state index contributed by atoms with van der Waals surface area (Å²) < 4.78 is 13.7. The highest BCUT2D eigenvalue weighted by molar-refractivity contribution is 8.01. The molecule has 0 spiro atoms. The van der Waals surface area contributed by atoms with Crippen molar-refractivity contribution in [3.63, 3.8) is 0 Å². The van der Waals surface area contributed by atoms with Gasteiger partial charge in [-0.2, -0.15) is 0 Å². The first-order valence-corrected chi connectivity index (χ1v) is 10.2. The Bertz CT molecular complexity index is 914. The lowest BCUT2D eigenvalue weighted by molar-refractivity contribution is -0.119. The molecule has 0 bridgehead atoms. The lowest BCUT2D eigenvalue weighted by Gasteiger charge is -2.13. The number of halogens is 1. The van der Waals surface area contributed by atoms with Crippen LogP contribution in [0, 0.1) is 12.7 Å². The molecule has 0 radical (unpaired) electrons. The molecule has 5 nitrogen and oxygen atoms in total. The Morgan fingerprint density at radius 1 is 1.19 bits per heavy atom. The van der Waals surface area contributed by atoms with Crippen molar-refractivity contribution in [3.8, 4) is 0 Å². The van der Waals surface area contributed by atoms with E-state index >= 15 is 0 Å². The van der Waals surface area contributed by atoms with Crippen molar-refractivity contribution >= 4 is 39.8 Å². The van der Waals surface area contributed by atoms with Gasteiger partial charge >= 0.3 is 0 Å². The largest absolute Gasteiger partial charge is 0.349 e. The minimum Gasteiger partial charge on any atom is -0.349 e. The highest BCUT2D eigenvalue weighted by Crippen LogP contribution is 2.28. The van der Waals surface area contributed by atoms with E-state index in [2.05, 4.69) is 20.8 Å². The highest BCUT2D eigenvalue weighted by Gasteiger charge is 2.12. The molecule has 0 saturated heterocycles. The van der Waals surface area contributed by atoms with Crippen LogP contribution in [0.25, 0.3) is 0 Å². The third-order valence-electron chi connectivity index (χ3n) is 3.87. The number of benzene rings is 2. The van der Waals surface area contributed by atoms with E-state index in [4.69, 9.17) is 0 Å². The average Bonchev–Trinajstić information content (AvgIpc) is 3.10. The fourth-order valence-corrected chi connectivity index (χ4v) is 3.97. The third-order valence-corrected chi connectivity index (χ3v) is 5.84. The molecule has 0 aliphatic carbocycles. The summed E-state index contributed by atoms with van der Waals surface area (Å²) in [6.45, 7) is 3.89. The zero-order valence-corrected chi connectivity index (χ0v) is 16.5. The zero-order chi connectivity index (χ0) is 19.2. The van der Waals surface area contributed by atoms with Crippen LogP contribution >= 0.6 is 23.1 Å². The first-order valence-electron chi connectivity index (χ1n) is 8.35. The van der Waals surface area contributed by atoms with Gasteiger partial charge < -0.3 is 10.6 Å². The Labute approximate surface area is 165 Å². The molecule has 0 aliphatic heterocycles. The molecule has 3 aromatic rings. The van der Waals surface area contributed by atoms with Crippen molar-refractivity contribution in [1.29, 1.82) is 0 Å². The summed E-state index contributed by atoms with van der Waals surface area (Å²) in [6.07, 6.45) is 0. The SMILES string of the molecule is Cc1ccccc1Nc1nnc(SCC(=O)N[C@@H](C)c2ccc(F)cc2)s1. The van der Waals surface area contributed by atoms with Gasteiger partial charge in [-0.15, -0.1) is 10.2 Å². The summed E-state index contributed by atoms with van der Waals surface area (Å²) in [4.78, 5) is 12.1. The Kier molecular flexibility index (Phi) is 6.41. The molecule has 140 valence electrons. The van der Waals surface area contributed by atoms with Gasteiger partial charge in [-0.25, -0.2) is 4.39 Å². The number of anilines is 2. The van der Waals surface area contributed by atoms with Crippen LogP contribution in [0.2, 0.25) is 0 Å². The molecular weight excluding hydrogens is 383 g/mol. The number of aryl methyl sites for hydroxylation is 1. The van der Waals surface area contributed by atoms with Gasteiger partial charge in [-0.3, -0.25) is 4.79 Å². The summed E-state index contributed by atoms with van der Waals surface area (Å²) in [5.41, 5.74) is 2.96. The summed E-state index contributed by atoms with van der Waals surface area (Å²) >= 11 is 2.74. The fourth-order valence-electron chi connectivity index (χ4n) is 2.39. The van der Waals surface area contributed by atoms with Gasteiger partial charge in [0.05, 0.1) is 11.8 Å². The lowest BCUT2D eigenvalue weighted by Crippen LogP contribution is -2.28. The van der Waals surface area contributed by atoms with Crippen molar-refractivity contribution in [2.75, 3.05) is 11.1 Å². The molecule has 0 fully saturated rings. The first-order chi connectivity index (χ1) is 13.0. The number of nitrogens with one attached hydrogen (secondary N) is 2. The second kappa shape index (κ2) is 8.96. The Morgan fingerprint density at radius 2 is 1.93 bits per heavy atom. The Balaban J connectivity index is 1.50. The van der Waals surface area contributed by atoms with Gasteiger partial charge in [0.25, 0.3) is 0 Å². The Morgan fingerprint density at radius 3 is 2.67 bits per heavy atom. The van der Waals surface area contributed by atoms with Gasteiger partial charge in [-0.05, 0) is 43.2 Å². The number of hydrogen-bond acceptors (Lipinski definition) is 6. The quantitative estimate of drug-likeness (QED) is 0.561. The monoisotopic (exact) mass is 402 g/mol. The van der Waals surface area contributed by atoms with Gasteiger partial charge in [0.1, 0.15) is 5.82 Å². The van der Waals surface area contributed by atoms with Crippen LogP contribution < -0.4 is 10.6 Å².